The minimum atomic E-state index is -0.780. The predicted octanol–water partition coefficient (Wildman–Crippen LogP) is 5.06. The first kappa shape index (κ1) is 35.0. The summed E-state index contributed by atoms with van der Waals surface area (Å²) in [6, 6.07) is 18.9. The quantitative estimate of drug-likeness (QED) is 0.203. The number of alkyl carbamates (subject to hydrolysis) is 1. The van der Waals surface area contributed by atoms with Gasteiger partial charge in [0.05, 0.1) is 5.92 Å². The molecule has 2 aromatic rings. The summed E-state index contributed by atoms with van der Waals surface area (Å²) >= 11 is 0. The van der Waals surface area contributed by atoms with Crippen molar-refractivity contribution in [3.63, 3.8) is 0 Å². The lowest BCUT2D eigenvalue weighted by molar-refractivity contribution is -0.135. The van der Waals surface area contributed by atoms with E-state index in [0.29, 0.717) is 38.6 Å². The molecule has 3 fully saturated rings. The molecule has 250 valence electrons. The molecule has 3 aliphatic rings. The summed E-state index contributed by atoms with van der Waals surface area (Å²) in [5.41, 5.74) is 7.47. The largest absolute Gasteiger partial charge is 0.444 e. The molecule has 0 radical (unpaired) electrons. The molecule has 3 saturated carbocycles. The van der Waals surface area contributed by atoms with E-state index in [9.17, 15) is 19.2 Å². The number of rotatable bonds is 15. The van der Waals surface area contributed by atoms with Crippen molar-refractivity contribution in [2.24, 2.45) is 29.4 Å². The highest BCUT2D eigenvalue weighted by Crippen LogP contribution is 2.45. The number of benzene rings is 2. The fourth-order valence-corrected chi connectivity index (χ4v) is 7.08. The number of aryl methyl sites for hydroxylation is 1. The fourth-order valence-electron chi connectivity index (χ4n) is 7.08. The highest BCUT2D eigenvalue weighted by molar-refractivity contribution is 5.89. The summed E-state index contributed by atoms with van der Waals surface area (Å²) in [5, 5.41) is 9.04. The van der Waals surface area contributed by atoms with E-state index in [4.69, 9.17) is 10.5 Å². The van der Waals surface area contributed by atoms with E-state index in [1.807, 2.05) is 69.3 Å². The number of unbranched alkanes of at least 4 members (excludes halogenated alkanes) is 1. The van der Waals surface area contributed by atoms with Gasteiger partial charge in [-0.15, -0.1) is 0 Å². The van der Waals surface area contributed by atoms with Crippen molar-refractivity contribution in [2.45, 2.75) is 103 Å². The molecular weight excluding hydrogens is 580 g/mol. The third kappa shape index (κ3) is 10.6. The number of amides is 4. The minimum absolute atomic E-state index is 0.163. The van der Waals surface area contributed by atoms with Crippen molar-refractivity contribution in [1.29, 1.82) is 0 Å². The van der Waals surface area contributed by atoms with Gasteiger partial charge in [0.25, 0.3) is 0 Å². The summed E-state index contributed by atoms with van der Waals surface area (Å²) < 4.78 is 5.32. The van der Waals surface area contributed by atoms with Crippen LogP contribution in [0.2, 0.25) is 0 Å². The van der Waals surface area contributed by atoms with Crippen LogP contribution < -0.4 is 21.7 Å². The van der Waals surface area contributed by atoms with Crippen LogP contribution in [0.3, 0.4) is 0 Å². The molecule has 0 aromatic heterocycles. The maximum Gasteiger partial charge on any atom is 0.407 e. The van der Waals surface area contributed by atoms with Gasteiger partial charge in [-0.25, -0.2) is 4.79 Å². The Labute approximate surface area is 273 Å². The van der Waals surface area contributed by atoms with Gasteiger partial charge in [-0.1, -0.05) is 60.7 Å². The fraction of sp³-hybridized carbons (Fsp3) is 0.568. The molecule has 0 spiro atoms. The second-order valence-electron chi connectivity index (χ2n) is 14.0. The van der Waals surface area contributed by atoms with Crippen LogP contribution >= 0.6 is 0 Å². The van der Waals surface area contributed by atoms with Crippen molar-refractivity contribution in [3.8, 4) is 0 Å². The molecule has 4 amide bonds. The molecule has 0 saturated heterocycles. The molecule has 0 heterocycles. The Kier molecular flexibility index (Phi) is 12.6. The highest BCUT2D eigenvalue weighted by atomic mass is 16.6. The van der Waals surface area contributed by atoms with Gasteiger partial charge in [0.2, 0.25) is 17.7 Å². The maximum atomic E-state index is 13.9. The molecular formula is C37H52N4O5. The van der Waals surface area contributed by atoms with Gasteiger partial charge in [-0.3, -0.25) is 14.4 Å². The van der Waals surface area contributed by atoms with E-state index in [-0.39, 0.29) is 47.4 Å². The van der Waals surface area contributed by atoms with Crippen LogP contribution in [-0.2, 0) is 32.0 Å². The van der Waals surface area contributed by atoms with Gasteiger partial charge in [0, 0.05) is 18.5 Å². The molecule has 5 N–H and O–H groups in total. The average Bonchev–Trinajstić information content (AvgIpc) is 3.02. The average molecular weight is 633 g/mol. The normalized spacial score (nSPS) is 21.9. The summed E-state index contributed by atoms with van der Waals surface area (Å²) in [5.74, 6) is -1.14. The number of carbonyl (C=O) groups excluding carboxylic acids is 4. The number of nitrogens with two attached hydrogens (primary N) is 1. The van der Waals surface area contributed by atoms with E-state index in [1.165, 1.54) is 0 Å². The number of ether oxygens (including phenoxy) is 1. The summed E-state index contributed by atoms with van der Waals surface area (Å²) in [6.45, 7) is 5.82. The SMILES string of the molecule is CC(C)(C)OC(=O)NCCCC[C@H](NC(=O)C(CCc1ccccc1)Cc1ccccc1)C(=O)NC1C2CCC(CC2)C1C(N)=O. The van der Waals surface area contributed by atoms with E-state index in [2.05, 4.69) is 28.1 Å². The number of fused-ring (bicyclic) bond motifs is 3. The van der Waals surface area contributed by atoms with Gasteiger partial charge in [0.15, 0.2) is 0 Å². The van der Waals surface area contributed by atoms with E-state index < -0.39 is 17.7 Å². The maximum absolute atomic E-state index is 13.9. The summed E-state index contributed by atoms with van der Waals surface area (Å²) in [7, 11) is 0. The molecule has 3 aliphatic carbocycles. The van der Waals surface area contributed by atoms with Gasteiger partial charge in [-0.2, -0.15) is 0 Å². The Morgan fingerprint density at radius 1 is 0.826 bits per heavy atom. The first-order chi connectivity index (χ1) is 22.0. The second-order valence-corrected chi connectivity index (χ2v) is 14.0. The second kappa shape index (κ2) is 16.6. The molecule has 46 heavy (non-hydrogen) atoms. The Hall–Kier alpha value is -3.88. The van der Waals surface area contributed by atoms with Gasteiger partial charge >= 0.3 is 6.09 Å². The first-order valence-corrected chi connectivity index (χ1v) is 16.9. The van der Waals surface area contributed by atoms with Crippen LogP contribution in [-0.4, -0.2) is 48.0 Å². The van der Waals surface area contributed by atoms with E-state index >= 15 is 0 Å². The Morgan fingerprint density at radius 3 is 2.04 bits per heavy atom. The molecule has 0 aliphatic heterocycles. The lowest BCUT2D eigenvalue weighted by atomic mass is 9.61. The van der Waals surface area contributed by atoms with Crippen LogP contribution in [0, 0.1) is 23.7 Å². The van der Waals surface area contributed by atoms with Crippen LogP contribution in [0.25, 0.3) is 0 Å². The molecule has 2 bridgehead atoms. The lowest BCUT2D eigenvalue weighted by Crippen LogP contribution is -2.60. The minimum Gasteiger partial charge on any atom is -0.444 e. The van der Waals surface area contributed by atoms with Crippen LogP contribution in [0.15, 0.2) is 60.7 Å². The summed E-state index contributed by atoms with van der Waals surface area (Å²) in [4.78, 5) is 52.4. The first-order valence-electron chi connectivity index (χ1n) is 16.9. The van der Waals surface area contributed by atoms with Crippen molar-refractivity contribution in [3.05, 3.63) is 71.8 Å². The zero-order chi connectivity index (χ0) is 33.1. The number of carbonyl (C=O) groups is 4. The number of hydrogen-bond acceptors (Lipinski definition) is 5. The Balaban J connectivity index is 1.45. The molecule has 9 heteroatoms. The zero-order valence-corrected chi connectivity index (χ0v) is 27.6. The van der Waals surface area contributed by atoms with Crippen LogP contribution in [0.5, 0.6) is 0 Å². The van der Waals surface area contributed by atoms with Gasteiger partial charge in [0.1, 0.15) is 11.6 Å². The highest BCUT2D eigenvalue weighted by Gasteiger charge is 2.47. The standard InChI is InChI=1S/C37H52N4O5/c1-37(2,3)46-36(45)39-23-11-10-16-30(35(44)41-32-28-21-19-27(20-22-28)31(32)33(38)42)40-34(43)29(24-26-14-8-5-9-15-26)18-17-25-12-6-4-7-13-25/h4-9,12-15,27-32H,10-11,16-24H2,1-3H3,(H2,38,42)(H,39,45)(H,40,43)(H,41,44)/t27?,28?,29?,30-,31?,32?/m0/s1. The third-order valence-electron chi connectivity index (χ3n) is 9.40. The Bertz CT molecular complexity index is 1290. The van der Waals surface area contributed by atoms with E-state index in [0.717, 1.165) is 43.2 Å². The van der Waals surface area contributed by atoms with Crippen LogP contribution in [0.1, 0.15) is 83.3 Å². The topological polar surface area (TPSA) is 140 Å². The smallest absolute Gasteiger partial charge is 0.407 e. The number of hydrogen-bond donors (Lipinski definition) is 4. The van der Waals surface area contributed by atoms with Gasteiger partial charge < -0.3 is 26.4 Å². The zero-order valence-electron chi connectivity index (χ0n) is 27.6. The summed E-state index contributed by atoms with van der Waals surface area (Å²) in [6.07, 6.45) is 6.89. The monoisotopic (exact) mass is 632 g/mol. The number of nitrogens with one attached hydrogen (secondary N) is 3. The third-order valence-corrected chi connectivity index (χ3v) is 9.40. The number of primary amides is 1. The van der Waals surface area contributed by atoms with Crippen molar-refractivity contribution in [2.75, 3.05) is 6.54 Å². The molecule has 2 aromatic carbocycles. The van der Waals surface area contributed by atoms with Crippen molar-refractivity contribution >= 4 is 23.8 Å². The molecule has 4 atom stereocenters. The van der Waals surface area contributed by atoms with Crippen molar-refractivity contribution < 1.29 is 23.9 Å². The molecule has 3 unspecified atom stereocenters. The lowest BCUT2D eigenvalue weighted by Gasteiger charge is -2.47. The van der Waals surface area contributed by atoms with Crippen LogP contribution in [0.4, 0.5) is 4.79 Å². The van der Waals surface area contributed by atoms with Crippen molar-refractivity contribution in [1.82, 2.24) is 16.0 Å². The van der Waals surface area contributed by atoms with E-state index in [1.54, 1.807) is 0 Å². The predicted molar refractivity (Wildman–Crippen MR) is 178 cm³/mol. The van der Waals surface area contributed by atoms with Gasteiger partial charge in [-0.05, 0) is 108 Å². The molecule has 5 rings (SSSR count). The molecule has 9 nitrogen and oxygen atoms in total. The Morgan fingerprint density at radius 2 is 1.43 bits per heavy atom.